The van der Waals surface area contributed by atoms with E-state index in [1.165, 1.54) is 36.8 Å². The average Bonchev–Trinajstić information content (AvgIpc) is 2.54. The smallest absolute Gasteiger partial charge is 0.0731 e. The molecule has 1 N–H and O–H groups in total. The summed E-state index contributed by atoms with van der Waals surface area (Å²) in [4.78, 5) is 2.67. The van der Waals surface area contributed by atoms with E-state index in [-0.39, 0.29) is 0 Å². The van der Waals surface area contributed by atoms with E-state index in [1.54, 1.807) is 0 Å². The lowest BCUT2D eigenvalue weighted by atomic mass is 9.89. The van der Waals surface area contributed by atoms with Crippen LogP contribution in [0.3, 0.4) is 0 Å². The number of likely N-dealkylation sites (N-methyl/N-ethyl adjacent to an activating group) is 1. The number of nitrogens with one attached hydrogen (secondary N) is 1. The van der Waals surface area contributed by atoms with Crippen LogP contribution in [0.5, 0.6) is 0 Å². The number of hydrogen-bond donors (Lipinski definition) is 1. The first-order chi connectivity index (χ1) is 10.4. The van der Waals surface area contributed by atoms with Gasteiger partial charge >= 0.3 is 0 Å². The second-order valence-corrected chi connectivity index (χ2v) is 6.35. The van der Waals surface area contributed by atoms with E-state index in [0.29, 0.717) is 12.1 Å². The van der Waals surface area contributed by atoms with Crippen LogP contribution in [0.25, 0.3) is 0 Å². The third-order valence-electron chi connectivity index (χ3n) is 4.98. The highest BCUT2D eigenvalue weighted by Crippen LogP contribution is 2.29. The molecule has 0 spiro atoms. The number of nitrogens with zero attached hydrogens (tertiary/aromatic N) is 1. The molecule has 0 bridgehead atoms. The summed E-state index contributed by atoms with van der Waals surface area (Å²) < 4.78 is 5.99. The van der Waals surface area contributed by atoms with Crippen molar-refractivity contribution in [2.45, 2.75) is 50.8 Å². The highest BCUT2D eigenvalue weighted by atomic mass is 16.5. The predicted molar refractivity (Wildman–Crippen MR) is 86.5 cm³/mol. The van der Waals surface area contributed by atoms with Crippen LogP contribution in [-0.4, -0.2) is 43.8 Å². The van der Waals surface area contributed by atoms with Gasteiger partial charge in [0.15, 0.2) is 0 Å². The van der Waals surface area contributed by atoms with Gasteiger partial charge in [-0.25, -0.2) is 0 Å². The van der Waals surface area contributed by atoms with Crippen molar-refractivity contribution in [3.05, 3.63) is 35.4 Å². The van der Waals surface area contributed by atoms with Crippen molar-refractivity contribution in [2.75, 3.05) is 26.7 Å². The zero-order chi connectivity index (χ0) is 14.5. The number of fused-ring (bicyclic) bond motifs is 1. The molecule has 2 unspecified atom stereocenters. The van der Waals surface area contributed by atoms with Gasteiger partial charge in [-0.3, -0.25) is 4.90 Å². The van der Waals surface area contributed by atoms with Gasteiger partial charge in [0.05, 0.1) is 12.7 Å². The molecule has 3 nitrogen and oxygen atoms in total. The molecule has 1 saturated carbocycles. The SMILES string of the molecule is CNCCc1ccccc1CN1CCOC2CCCCC21. The summed E-state index contributed by atoms with van der Waals surface area (Å²) in [6, 6.07) is 9.57. The van der Waals surface area contributed by atoms with Crippen molar-refractivity contribution in [3.63, 3.8) is 0 Å². The minimum absolute atomic E-state index is 0.483. The molecule has 1 aromatic carbocycles. The van der Waals surface area contributed by atoms with Gasteiger partial charge in [-0.2, -0.15) is 0 Å². The molecule has 2 aliphatic rings. The maximum Gasteiger partial charge on any atom is 0.0731 e. The number of ether oxygens (including phenoxy) is 1. The van der Waals surface area contributed by atoms with Gasteiger partial charge in [0, 0.05) is 19.1 Å². The number of morpholine rings is 1. The van der Waals surface area contributed by atoms with Crippen LogP contribution in [0.2, 0.25) is 0 Å². The highest BCUT2D eigenvalue weighted by molar-refractivity contribution is 5.27. The zero-order valence-corrected chi connectivity index (χ0v) is 13.2. The normalized spacial score (nSPS) is 26.5. The van der Waals surface area contributed by atoms with Crippen LogP contribution >= 0.6 is 0 Å². The van der Waals surface area contributed by atoms with Crippen molar-refractivity contribution in [3.8, 4) is 0 Å². The van der Waals surface area contributed by atoms with Gasteiger partial charge in [0.1, 0.15) is 0 Å². The molecule has 21 heavy (non-hydrogen) atoms. The zero-order valence-electron chi connectivity index (χ0n) is 13.2. The molecule has 3 rings (SSSR count). The molecule has 1 aliphatic carbocycles. The van der Waals surface area contributed by atoms with Crippen molar-refractivity contribution < 1.29 is 4.74 Å². The minimum Gasteiger partial charge on any atom is -0.375 e. The molecule has 116 valence electrons. The molecular weight excluding hydrogens is 260 g/mol. The third-order valence-corrected chi connectivity index (χ3v) is 4.98. The summed E-state index contributed by atoms with van der Waals surface area (Å²) in [5.74, 6) is 0. The summed E-state index contributed by atoms with van der Waals surface area (Å²) in [5, 5.41) is 3.26. The lowest BCUT2D eigenvalue weighted by Gasteiger charge is -2.44. The van der Waals surface area contributed by atoms with E-state index in [9.17, 15) is 0 Å². The van der Waals surface area contributed by atoms with Crippen LogP contribution in [0, 0.1) is 0 Å². The summed E-state index contributed by atoms with van der Waals surface area (Å²) in [6.45, 7) is 4.12. The van der Waals surface area contributed by atoms with Gasteiger partial charge in [-0.15, -0.1) is 0 Å². The second-order valence-electron chi connectivity index (χ2n) is 6.35. The van der Waals surface area contributed by atoms with Gasteiger partial charge < -0.3 is 10.1 Å². The lowest BCUT2D eigenvalue weighted by molar-refractivity contribution is -0.0911. The fourth-order valence-corrected chi connectivity index (χ4v) is 3.81. The van der Waals surface area contributed by atoms with Crippen molar-refractivity contribution in [1.29, 1.82) is 0 Å². The Balaban J connectivity index is 1.70. The van der Waals surface area contributed by atoms with E-state index < -0.39 is 0 Å². The topological polar surface area (TPSA) is 24.5 Å². The molecule has 3 heteroatoms. The van der Waals surface area contributed by atoms with Gasteiger partial charge in [0.2, 0.25) is 0 Å². The van der Waals surface area contributed by atoms with Crippen LogP contribution in [0.15, 0.2) is 24.3 Å². The van der Waals surface area contributed by atoms with E-state index in [2.05, 4.69) is 34.5 Å². The summed E-state index contributed by atoms with van der Waals surface area (Å²) in [5.41, 5.74) is 2.99. The van der Waals surface area contributed by atoms with Crippen LogP contribution in [0.4, 0.5) is 0 Å². The molecular formula is C18H28N2O. The molecule has 2 fully saturated rings. The monoisotopic (exact) mass is 288 g/mol. The largest absolute Gasteiger partial charge is 0.375 e. The van der Waals surface area contributed by atoms with E-state index in [4.69, 9.17) is 4.74 Å². The Morgan fingerprint density at radius 3 is 2.86 bits per heavy atom. The average molecular weight is 288 g/mol. The Hall–Kier alpha value is -0.900. The molecule has 2 atom stereocenters. The molecule has 1 saturated heterocycles. The van der Waals surface area contributed by atoms with Gasteiger partial charge in [-0.05, 0) is 44.0 Å². The molecule has 1 aromatic rings. The van der Waals surface area contributed by atoms with Gasteiger partial charge in [0.25, 0.3) is 0 Å². The Morgan fingerprint density at radius 2 is 2.00 bits per heavy atom. The Labute approximate surface area is 128 Å². The predicted octanol–water partition coefficient (Wildman–Crippen LogP) is 2.59. The van der Waals surface area contributed by atoms with Crippen molar-refractivity contribution in [1.82, 2.24) is 10.2 Å². The molecule has 0 aromatic heterocycles. The van der Waals surface area contributed by atoms with Crippen LogP contribution in [-0.2, 0) is 17.7 Å². The van der Waals surface area contributed by atoms with E-state index in [1.807, 2.05) is 7.05 Å². The Morgan fingerprint density at radius 1 is 1.19 bits per heavy atom. The van der Waals surface area contributed by atoms with Crippen LogP contribution in [0.1, 0.15) is 36.8 Å². The fourth-order valence-electron chi connectivity index (χ4n) is 3.81. The molecule has 1 heterocycles. The molecule has 0 amide bonds. The first-order valence-corrected chi connectivity index (χ1v) is 8.45. The van der Waals surface area contributed by atoms with Crippen molar-refractivity contribution >= 4 is 0 Å². The quantitative estimate of drug-likeness (QED) is 0.901. The summed E-state index contributed by atoms with van der Waals surface area (Å²) >= 11 is 0. The first kappa shape index (κ1) is 15.0. The number of hydrogen-bond acceptors (Lipinski definition) is 3. The highest BCUT2D eigenvalue weighted by Gasteiger charge is 2.34. The standard InChI is InChI=1S/C18H28N2O/c1-19-11-10-15-6-2-3-7-16(15)14-20-12-13-21-18-9-5-4-8-17(18)20/h2-3,6-7,17-19H,4-5,8-14H2,1H3. The Kier molecular flexibility index (Phi) is 5.28. The maximum atomic E-state index is 5.99. The second kappa shape index (κ2) is 7.39. The minimum atomic E-state index is 0.483. The first-order valence-electron chi connectivity index (χ1n) is 8.45. The van der Waals surface area contributed by atoms with Crippen LogP contribution < -0.4 is 5.32 Å². The van der Waals surface area contributed by atoms with E-state index >= 15 is 0 Å². The molecule has 0 radical (unpaired) electrons. The Bertz CT molecular complexity index is 447. The van der Waals surface area contributed by atoms with E-state index in [0.717, 1.165) is 32.7 Å². The van der Waals surface area contributed by atoms with Gasteiger partial charge in [-0.1, -0.05) is 37.1 Å². The maximum absolute atomic E-state index is 5.99. The number of benzene rings is 1. The fraction of sp³-hybridized carbons (Fsp3) is 0.667. The summed E-state index contributed by atoms with van der Waals surface area (Å²) in [7, 11) is 2.03. The summed E-state index contributed by atoms with van der Waals surface area (Å²) in [6.07, 6.45) is 6.87. The molecule has 1 aliphatic heterocycles. The number of rotatable bonds is 5. The van der Waals surface area contributed by atoms with Crippen molar-refractivity contribution in [2.24, 2.45) is 0 Å². The lowest BCUT2D eigenvalue weighted by Crippen LogP contribution is -2.52. The third kappa shape index (κ3) is 3.65.